The second-order valence-corrected chi connectivity index (χ2v) is 4.44. The first-order valence-corrected chi connectivity index (χ1v) is 5.95. The molecule has 1 aromatic carbocycles. The normalized spacial score (nSPS) is 9.71. The number of benzene rings is 1. The van der Waals surface area contributed by atoms with E-state index in [9.17, 15) is 14.5 Å². The predicted octanol–water partition coefficient (Wildman–Crippen LogP) is 3.16. The Balaban J connectivity index is 2.86. The molecular formula is C11H10FIN2O2. The molecule has 0 atom stereocenters. The van der Waals surface area contributed by atoms with Crippen molar-refractivity contribution >= 4 is 34.0 Å². The molecule has 0 aliphatic rings. The van der Waals surface area contributed by atoms with Crippen molar-refractivity contribution in [2.24, 2.45) is 0 Å². The Morgan fingerprint density at radius 1 is 1.59 bits per heavy atom. The Bertz CT molecular complexity index is 471. The number of rotatable bonds is 5. The molecule has 0 aromatic heterocycles. The van der Waals surface area contributed by atoms with E-state index >= 15 is 0 Å². The van der Waals surface area contributed by atoms with Gasteiger partial charge in [0.15, 0.2) is 0 Å². The van der Waals surface area contributed by atoms with Gasteiger partial charge in [-0.05, 0) is 29.0 Å². The minimum absolute atomic E-state index is 0.128. The zero-order valence-corrected chi connectivity index (χ0v) is 11.0. The molecule has 0 unspecified atom stereocenters. The fourth-order valence-electron chi connectivity index (χ4n) is 1.24. The molecule has 1 N–H and O–H groups in total. The number of halogens is 2. The van der Waals surface area contributed by atoms with E-state index in [1.807, 2.05) is 0 Å². The monoisotopic (exact) mass is 348 g/mol. The molecule has 90 valence electrons. The summed E-state index contributed by atoms with van der Waals surface area (Å²) >= 11 is 1.72. The summed E-state index contributed by atoms with van der Waals surface area (Å²) in [5.41, 5.74) is 0.0569. The average molecular weight is 348 g/mol. The van der Waals surface area contributed by atoms with Gasteiger partial charge in [0.05, 0.1) is 8.49 Å². The highest BCUT2D eigenvalue weighted by molar-refractivity contribution is 14.1. The molecule has 4 nitrogen and oxygen atoms in total. The highest BCUT2D eigenvalue weighted by Crippen LogP contribution is 2.28. The highest BCUT2D eigenvalue weighted by atomic mass is 127. The molecule has 0 bridgehead atoms. The van der Waals surface area contributed by atoms with Crippen LogP contribution in [0.5, 0.6) is 0 Å². The molecule has 6 heteroatoms. The van der Waals surface area contributed by atoms with Gasteiger partial charge in [0.25, 0.3) is 5.69 Å². The van der Waals surface area contributed by atoms with Crippen LogP contribution in [-0.2, 0) is 0 Å². The van der Waals surface area contributed by atoms with Crippen molar-refractivity contribution in [3.05, 3.63) is 31.6 Å². The van der Waals surface area contributed by atoms with E-state index in [-0.39, 0.29) is 14.9 Å². The maximum atomic E-state index is 13.3. The van der Waals surface area contributed by atoms with Gasteiger partial charge in [-0.1, -0.05) is 0 Å². The van der Waals surface area contributed by atoms with Gasteiger partial charge in [-0.25, -0.2) is 4.39 Å². The van der Waals surface area contributed by atoms with Gasteiger partial charge in [-0.3, -0.25) is 10.1 Å². The molecule has 1 aromatic rings. The fourth-order valence-corrected chi connectivity index (χ4v) is 1.69. The smallest absolute Gasteiger partial charge is 0.293 e. The minimum Gasteiger partial charge on any atom is -0.379 e. The number of nitro groups is 1. The third kappa shape index (κ3) is 3.85. The standard InChI is InChI=1S/C11H10FIN2O2/c1-2-3-4-5-14-10-6-8(12)9(13)7-11(10)15(16)17/h1,6-7,14H,3-5H2. The Labute approximate surface area is 112 Å². The highest BCUT2D eigenvalue weighted by Gasteiger charge is 2.16. The van der Waals surface area contributed by atoms with Gasteiger partial charge >= 0.3 is 0 Å². The summed E-state index contributed by atoms with van der Waals surface area (Å²) in [5.74, 6) is 1.99. The van der Waals surface area contributed by atoms with E-state index in [0.29, 0.717) is 19.4 Å². The van der Waals surface area contributed by atoms with Crippen molar-refractivity contribution in [3.8, 4) is 12.3 Å². The first-order chi connectivity index (χ1) is 8.06. The maximum absolute atomic E-state index is 13.3. The van der Waals surface area contributed by atoms with Gasteiger partial charge in [0.2, 0.25) is 0 Å². The lowest BCUT2D eigenvalue weighted by Gasteiger charge is -2.07. The lowest BCUT2D eigenvalue weighted by atomic mass is 10.2. The summed E-state index contributed by atoms with van der Waals surface area (Å²) in [4.78, 5) is 10.2. The first-order valence-electron chi connectivity index (χ1n) is 4.87. The van der Waals surface area contributed by atoms with Crippen LogP contribution in [0.25, 0.3) is 0 Å². The van der Waals surface area contributed by atoms with Gasteiger partial charge < -0.3 is 5.32 Å². The van der Waals surface area contributed by atoms with Crippen LogP contribution in [0.4, 0.5) is 15.8 Å². The van der Waals surface area contributed by atoms with Crippen molar-refractivity contribution in [3.63, 3.8) is 0 Å². The topological polar surface area (TPSA) is 55.2 Å². The molecule has 0 spiro atoms. The number of hydrogen-bond acceptors (Lipinski definition) is 3. The van der Waals surface area contributed by atoms with Crippen LogP contribution in [0.15, 0.2) is 12.1 Å². The van der Waals surface area contributed by atoms with E-state index in [2.05, 4.69) is 11.2 Å². The number of unbranched alkanes of at least 4 members (excludes halogenated alkanes) is 1. The van der Waals surface area contributed by atoms with Gasteiger partial charge in [0, 0.05) is 25.1 Å². The minimum atomic E-state index is -0.537. The van der Waals surface area contributed by atoms with Gasteiger partial charge in [-0.2, -0.15) is 0 Å². The molecule has 0 heterocycles. The largest absolute Gasteiger partial charge is 0.379 e. The van der Waals surface area contributed by atoms with Crippen LogP contribution >= 0.6 is 22.6 Å². The molecule has 0 aliphatic heterocycles. The number of nitro benzene ring substituents is 1. The summed E-state index contributed by atoms with van der Waals surface area (Å²) in [6.07, 6.45) is 6.34. The van der Waals surface area contributed by atoms with Crippen molar-refractivity contribution < 1.29 is 9.31 Å². The summed E-state index contributed by atoms with van der Waals surface area (Å²) in [6.45, 7) is 0.477. The van der Waals surface area contributed by atoms with Gasteiger partial charge in [0.1, 0.15) is 11.5 Å². The lowest BCUT2D eigenvalue weighted by Crippen LogP contribution is -2.05. The average Bonchev–Trinajstić information content (AvgIpc) is 2.28. The maximum Gasteiger partial charge on any atom is 0.293 e. The second-order valence-electron chi connectivity index (χ2n) is 3.28. The van der Waals surface area contributed by atoms with Crippen molar-refractivity contribution in [1.29, 1.82) is 0 Å². The van der Waals surface area contributed by atoms with Crippen LogP contribution in [0, 0.1) is 31.8 Å². The molecule has 17 heavy (non-hydrogen) atoms. The SMILES string of the molecule is C#CCCCNc1cc(F)c(I)cc1[N+](=O)[O-]. The van der Waals surface area contributed by atoms with Crippen molar-refractivity contribution in [1.82, 2.24) is 0 Å². The lowest BCUT2D eigenvalue weighted by molar-refractivity contribution is -0.384. The molecule has 0 radical (unpaired) electrons. The predicted molar refractivity (Wildman–Crippen MR) is 72.3 cm³/mol. The Kier molecular flexibility index (Phi) is 5.15. The van der Waals surface area contributed by atoms with Crippen LogP contribution in [0.3, 0.4) is 0 Å². The van der Waals surface area contributed by atoms with Crippen molar-refractivity contribution in [2.45, 2.75) is 12.8 Å². The Morgan fingerprint density at radius 2 is 2.29 bits per heavy atom. The summed E-state index contributed by atoms with van der Waals surface area (Å²) < 4.78 is 13.5. The quantitative estimate of drug-likeness (QED) is 0.292. The first kappa shape index (κ1) is 13.7. The van der Waals surface area contributed by atoms with Crippen LogP contribution in [0.2, 0.25) is 0 Å². The number of nitrogens with zero attached hydrogens (tertiary/aromatic N) is 1. The fraction of sp³-hybridized carbons (Fsp3) is 0.273. The van der Waals surface area contributed by atoms with Crippen LogP contribution < -0.4 is 5.32 Å². The summed E-state index contributed by atoms with van der Waals surface area (Å²) in [7, 11) is 0. The number of hydrogen-bond donors (Lipinski definition) is 1. The molecule has 0 aliphatic carbocycles. The number of anilines is 1. The zero-order chi connectivity index (χ0) is 12.8. The Hall–Kier alpha value is -1.36. The number of terminal acetylenes is 1. The third-order valence-corrected chi connectivity index (χ3v) is 2.88. The van der Waals surface area contributed by atoms with E-state index in [1.54, 1.807) is 22.6 Å². The molecule has 1 rings (SSSR count). The van der Waals surface area contributed by atoms with E-state index in [1.165, 1.54) is 6.07 Å². The second kappa shape index (κ2) is 6.39. The molecule has 0 saturated heterocycles. The van der Waals surface area contributed by atoms with Crippen LogP contribution in [-0.4, -0.2) is 11.5 Å². The number of nitrogens with one attached hydrogen (secondary N) is 1. The molecular weight excluding hydrogens is 338 g/mol. The van der Waals surface area contributed by atoms with E-state index in [4.69, 9.17) is 6.42 Å². The molecule has 0 fully saturated rings. The Morgan fingerprint density at radius 3 is 2.88 bits per heavy atom. The summed E-state index contributed by atoms with van der Waals surface area (Å²) in [5, 5.41) is 13.6. The van der Waals surface area contributed by atoms with E-state index < -0.39 is 10.7 Å². The van der Waals surface area contributed by atoms with Gasteiger partial charge in [-0.15, -0.1) is 12.3 Å². The summed E-state index contributed by atoms with van der Waals surface area (Å²) in [6, 6.07) is 2.34. The molecule has 0 saturated carbocycles. The third-order valence-electron chi connectivity index (χ3n) is 2.05. The zero-order valence-electron chi connectivity index (χ0n) is 8.87. The molecule has 0 amide bonds. The van der Waals surface area contributed by atoms with Crippen LogP contribution in [0.1, 0.15) is 12.8 Å². The van der Waals surface area contributed by atoms with E-state index in [0.717, 1.165) is 6.07 Å². The van der Waals surface area contributed by atoms with Crippen molar-refractivity contribution in [2.75, 3.05) is 11.9 Å².